The van der Waals surface area contributed by atoms with Crippen LogP contribution in [-0.2, 0) is 19.1 Å². The number of hydrazone groups is 1. The topological polar surface area (TPSA) is 74.7 Å². The van der Waals surface area contributed by atoms with Gasteiger partial charge in [-0.1, -0.05) is 84.4 Å². The number of amidine groups is 1. The lowest BCUT2D eigenvalue weighted by Gasteiger charge is -2.45. The number of benzene rings is 4. The number of carbonyl (C=O) groups excluding carboxylic acids is 2. The SMILES string of the molecule is CCOC(=O)C1=CN(c2ccc(C)cc2)C(=C(C)C(=O)OC)C12N(c1ccccc1)N=C(c1ccccc1)N2c1ccccc1. The predicted octanol–water partition coefficient (Wildman–Crippen LogP) is 6.79. The van der Waals surface area contributed by atoms with E-state index < -0.39 is 17.6 Å². The monoisotopic (exact) mass is 598 g/mol. The number of anilines is 3. The van der Waals surface area contributed by atoms with Crippen molar-refractivity contribution in [3.8, 4) is 0 Å². The van der Waals surface area contributed by atoms with Gasteiger partial charge in [-0.15, -0.1) is 0 Å². The van der Waals surface area contributed by atoms with Gasteiger partial charge in [0.25, 0.3) is 0 Å². The van der Waals surface area contributed by atoms with E-state index in [0.717, 1.165) is 22.5 Å². The molecule has 0 saturated heterocycles. The van der Waals surface area contributed by atoms with E-state index in [1.807, 2.05) is 137 Å². The summed E-state index contributed by atoms with van der Waals surface area (Å²) < 4.78 is 11.1. The van der Waals surface area contributed by atoms with E-state index in [0.29, 0.717) is 22.8 Å². The Morgan fingerprint density at radius 1 is 0.778 bits per heavy atom. The van der Waals surface area contributed by atoms with Gasteiger partial charge in [0, 0.05) is 23.1 Å². The fourth-order valence-corrected chi connectivity index (χ4v) is 5.96. The van der Waals surface area contributed by atoms with E-state index in [4.69, 9.17) is 14.6 Å². The molecule has 2 aliphatic rings. The highest BCUT2D eigenvalue weighted by Gasteiger charge is 2.63. The van der Waals surface area contributed by atoms with Gasteiger partial charge in [-0.3, -0.25) is 4.90 Å². The normalized spacial score (nSPS) is 18.5. The molecule has 0 amide bonds. The van der Waals surface area contributed by atoms with E-state index in [1.165, 1.54) is 7.11 Å². The molecule has 4 aromatic carbocycles. The Morgan fingerprint density at radius 3 is 1.93 bits per heavy atom. The summed E-state index contributed by atoms with van der Waals surface area (Å²) in [5, 5.41) is 7.11. The third-order valence-electron chi connectivity index (χ3n) is 7.94. The van der Waals surface area contributed by atoms with E-state index in [9.17, 15) is 9.59 Å². The molecule has 0 radical (unpaired) electrons. The molecule has 45 heavy (non-hydrogen) atoms. The van der Waals surface area contributed by atoms with Gasteiger partial charge in [-0.2, -0.15) is 5.10 Å². The van der Waals surface area contributed by atoms with Crippen molar-refractivity contribution in [1.82, 2.24) is 0 Å². The molecule has 0 fully saturated rings. The summed E-state index contributed by atoms with van der Waals surface area (Å²) in [6.07, 6.45) is 1.76. The van der Waals surface area contributed by atoms with Crippen molar-refractivity contribution < 1.29 is 19.1 Å². The first-order valence-electron chi connectivity index (χ1n) is 14.8. The molecule has 6 rings (SSSR count). The number of hydrogen-bond acceptors (Lipinski definition) is 8. The number of esters is 2. The lowest BCUT2D eigenvalue weighted by molar-refractivity contribution is -0.139. The Kier molecular flexibility index (Phi) is 7.96. The molecule has 2 aliphatic heterocycles. The molecule has 4 aromatic rings. The first-order valence-corrected chi connectivity index (χ1v) is 14.8. The van der Waals surface area contributed by atoms with Crippen LogP contribution in [0.15, 0.2) is 143 Å². The van der Waals surface area contributed by atoms with E-state index in [1.54, 1.807) is 20.0 Å². The number of carbonyl (C=O) groups is 2. The average Bonchev–Trinajstić information content (AvgIpc) is 3.62. The van der Waals surface area contributed by atoms with Crippen LogP contribution < -0.4 is 14.8 Å². The fourth-order valence-electron chi connectivity index (χ4n) is 5.96. The minimum Gasteiger partial charge on any atom is -0.466 e. The number of ether oxygens (including phenoxy) is 2. The zero-order chi connectivity index (χ0) is 31.6. The summed E-state index contributed by atoms with van der Waals surface area (Å²) >= 11 is 0. The Hall–Kier alpha value is -5.63. The zero-order valence-electron chi connectivity index (χ0n) is 25.7. The van der Waals surface area contributed by atoms with Crippen LogP contribution in [0.1, 0.15) is 25.0 Å². The molecule has 0 bridgehead atoms. The van der Waals surface area contributed by atoms with Gasteiger partial charge in [0.05, 0.1) is 30.7 Å². The maximum Gasteiger partial charge on any atom is 0.340 e. The first-order chi connectivity index (χ1) is 21.9. The van der Waals surface area contributed by atoms with Crippen LogP contribution in [0.4, 0.5) is 17.1 Å². The van der Waals surface area contributed by atoms with Gasteiger partial charge in [0.15, 0.2) is 5.84 Å². The van der Waals surface area contributed by atoms with Crippen molar-refractivity contribution in [2.24, 2.45) is 5.10 Å². The van der Waals surface area contributed by atoms with Crippen LogP contribution in [0.5, 0.6) is 0 Å². The number of para-hydroxylation sites is 2. The highest BCUT2D eigenvalue weighted by molar-refractivity contribution is 6.18. The van der Waals surface area contributed by atoms with Gasteiger partial charge in [0.1, 0.15) is 5.57 Å². The molecule has 1 spiro atoms. The molecule has 0 aliphatic carbocycles. The zero-order valence-corrected chi connectivity index (χ0v) is 25.7. The Labute approximate surface area is 263 Å². The van der Waals surface area contributed by atoms with Crippen LogP contribution in [0.3, 0.4) is 0 Å². The summed E-state index contributed by atoms with van der Waals surface area (Å²) in [7, 11) is 1.36. The quantitative estimate of drug-likeness (QED) is 0.171. The molecule has 0 saturated carbocycles. The van der Waals surface area contributed by atoms with Gasteiger partial charge >= 0.3 is 11.9 Å². The molecular formula is C37H34N4O4. The third-order valence-corrected chi connectivity index (χ3v) is 7.94. The highest BCUT2D eigenvalue weighted by atomic mass is 16.5. The summed E-state index contributed by atoms with van der Waals surface area (Å²) in [6, 6.07) is 37.1. The van der Waals surface area contributed by atoms with Crippen molar-refractivity contribution in [1.29, 1.82) is 0 Å². The number of methoxy groups -OCH3 is 1. The van der Waals surface area contributed by atoms with Gasteiger partial charge in [-0.25, -0.2) is 14.6 Å². The first kappa shape index (κ1) is 29.4. The lowest BCUT2D eigenvalue weighted by Crippen LogP contribution is -2.61. The maximum atomic E-state index is 14.3. The van der Waals surface area contributed by atoms with E-state index in [2.05, 4.69) is 0 Å². The van der Waals surface area contributed by atoms with E-state index >= 15 is 0 Å². The van der Waals surface area contributed by atoms with Crippen LogP contribution in [0, 0.1) is 6.92 Å². The smallest absolute Gasteiger partial charge is 0.340 e. The van der Waals surface area contributed by atoms with Crippen molar-refractivity contribution in [3.63, 3.8) is 0 Å². The minimum atomic E-state index is -1.51. The number of nitrogens with zero attached hydrogens (tertiary/aromatic N) is 4. The standard InChI is InChI=1S/C37H34N4O4/c1-5-45-36(43)32-25-39(29-23-21-26(2)22-24-29)33(27(3)35(42)44-4)37(32)40(30-17-11-7-12-18-30)34(28-15-9-6-10-16-28)38-41(37)31-19-13-8-14-20-31/h6-25H,5H2,1-4H3. The second-order valence-electron chi connectivity index (χ2n) is 10.7. The molecule has 0 N–H and O–H groups in total. The van der Waals surface area contributed by atoms with Gasteiger partial charge < -0.3 is 14.4 Å². The third kappa shape index (κ3) is 4.94. The number of aryl methyl sites for hydroxylation is 1. The molecule has 2 heterocycles. The largest absolute Gasteiger partial charge is 0.466 e. The minimum absolute atomic E-state index is 0.162. The lowest BCUT2D eigenvalue weighted by atomic mass is 9.91. The van der Waals surface area contributed by atoms with E-state index in [-0.39, 0.29) is 12.2 Å². The van der Waals surface area contributed by atoms with Crippen LogP contribution in [-0.4, -0.2) is 37.2 Å². The number of hydrogen-bond donors (Lipinski definition) is 0. The molecule has 0 aromatic heterocycles. The Morgan fingerprint density at radius 2 is 1.36 bits per heavy atom. The summed E-state index contributed by atoms with van der Waals surface area (Å²) in [5.41, 5.74) is 3.69. The predicted molar refractivity (Wildman–Crippen MR) is 177 cm³/mol. The summed E-state index contributed by atoms with van der Waals surface area (Å²) in [6.45, 7) is 5.67. The molecular weight excluding hydrogens is 564 g/mol. The molecule has 226 valence electrons. The Bertz CT molecular complexity index is 1800. The highest BCUT2D eigenvalue weighted by Crippen LogP contribution is 2.53. The van der Waals surface area contributed by atoms with Crippen LogP contribution in [0.2, 0.25) is 0 Å². The summed E-state index contributed by atoms with van der Waals surface area (Å²) in [5.74, 6) is -0.482. The van der Waals surface area contributed by atoms with Crippen molar-refractivity contribution in [3.05, 3.63) is 149 Å². The van der Waals surface area contributed by atoms with Crippen molar-refractivity contribution in [2.45, 2.75) is 26.4 Å². The Balaban J connectivity index is 1.78. The van der Waals surface area contributed by atoms with Crippen LogP contribution in [0.25, 0.3) is 0 Å². The van der Waals surface area contributed by atoms with Gasteiger partial charge in [-0.05, 0) is 57.2 Å². The molecule has 8 heteroatoms. The van der Waals surface area contributed by atoms with Crippen LogP contribution >= 0.6 is 0 Å². The molecule has 1 unspecified atom stereocenters. The van der Waals surface area contributed by atoms with Crippen molar-refractivity contribution >= 4 is 34.8 Å². The molecule has 1 atom stereocenters. The molecule has 8 nitrogen and oxygen atoms in total. The fraction of sp³-hybridized carbons (Fsp3) is 0.162. The second kappa shape index (κ2) is 12.2. The summed E-state index contributed by atoms with van der Waals surface area (Å²) in [4.78, 5) is 31.8. The average molecular weight is 599 g/mol. The van der Waals surface area contributed by atoms with Gasteiger partial charge in [0.2, 0.25) is 5.66 Å². The number of rotatable bonds is 7. The maximum absolute atomic E-state index is 14.3. The van der Waals surface area contributed by atoms with Crippen molar-refractivity contribution in [2.75, 3.05) is 28.5 Å². The second-order valence-corrected chi connectivity index (χ2v) is 10.7.